The summed E-state index contributed by atoms with van der Waals surface area (Å²) in [6, 6.07) is 2.01. The van der Waals surface area contributed by atoms with Crippen molar-refractivity contribution in [2.24, 2.45) is 0 Å². The molecule has 2 rings (SSSR count). The minimum absolute atomic E-state index is 0.105. The fraction of sp³-hybridized carbons (Fsp3) is 0.273. The molecule has 3 nitrogen and oxygen atoms in total. The van der Waals surface area contributed by atoms with Crippen molar-refractivity contribution in [3.05, 3.63) is 38.0 Å². The summed E-state index contributed by atoms with van der Waals surface area (Å²) in [5, 5.41) is 6.88. The Morgan fingerprint density at radius 2 is 2.29 bits per heavy atom. The number of aromatic nitrogens is 2. The van der Waals surface area contributed by atoms with Gasteiger partial charge in [-0.2, -0.15) is 0 Å². The van der Waals surface area contributed by atoms with Crippen LogP contribution in [0.15, 0.2) is 22.1 Å². The van der Waals surface area contributed by atoms with Crippen molar-refractivity contribution in [3.63, 3.8) is 0 Å². The van der Waals surface area contributed by atoms with Crippen LogP contribution in [0, 0.1) is 6.92 Å². The van der Waals surface area contributed by atoms with E-state index in [1.807, 2.05) is 25.3 Å². The standard InChI is InChI=1S/C11H11BrClN3S/c1-6(10-5-17-7(2)16-10)15-9-3-8(12)4-14-11(9)13/h3-6,15H,1-2H3. The molecule has 0 aliphatic heterocycles. The lowest BCUT2D eigenvalue weighted by atomic mass is 10.2. The molecule has 17 heavy (non-hydrogen) atoms. The molecule has 0 amide bonds. The van der Waals surface area contributed by atoms with E-state index in [-0.39, 0.29) is 6.04 Å². The van der Waals surface area contributed by atoms with E-state index in [1.165, 1.54) is 0 Å². The first kappa shape index (κ1) is 12.8. The Labute approximate surface area is 117 Å². The third-order valence-electron chi connectivity index (χ3n) is 2.26. The number of rotatable bonds is 3. The summed E-state index contributed by atoms with van der Waals surface area (Å²) in [6.07, 6.45) is 1.67. The van der Waals surface area contributed by atoms with Crippen molar-refractivity contribution in [3.8, 4) is 0 Å². The van der Waals surface area contributed by atoms with Gasteiger partial charge in [-0.05, 0) is 35.8 Å². The number of nitrogens with one attached hydrogen (secondary N) is 1. The smallest absolute Gasteiger partial charge is 0.152 e. The van der Waals surface area contributed by atoms with Gasteiger partial charge in [0.25, 0.3) is 0 Å². The largest absolute Gasteiger partial charge is 0.374 e. The summed E-state index contributed by atoms with van der Waals surface area (Å²) in [6.45, 7) is 4.04. The lowest BCUT2D eigenvalue weighted by Gasteiger charge is -2.14. The fourth-order valence-electron chi connectivity index (χ4n) is 1.41. The van der Waals surface area contributed by atoms with Gasteiger partial charge in [-0.1, -0.05) is 11.6 Å². The molecule has 6 heteroatoms. The number of aryl methyl sites for hydroxylation is 1. The van der Waals surface area contributed by atoms with Crippen LogP contribution in [0.4, 0.5) is 5.69 Å². The summed E-state index contributed by atoms with van der Waals surface area (Å²) < 4.78 is 0.894. The van der Waals surface area contributed by atoms with Crippen LogP contribution in [0.2, 0.25) is 5.15 Å². The highest BCUT2D eigenvalue weighted by molar-refractivity contribution is 9.10. The quantitative estimate of drug-likeness (QED) is 0.845. The van der Waals surface area contributed by atoms with Crippen LogP contribution < -0.4 is 5.32 Å². The van der Waals surface area contributed by atoms with Crippen LogP contribution in [0.1, 0.15) is 23.7 Å². The second-order valence-corrected chi connectivity index (χ2v) is 5.99. The fourth-order valence-corrected chi connectivity index (χ4v) is 2.61. The Morgan fingerprint density at radius 1 is 1.53 bits per heavy atom. The molecule has 0 aromatic carbocycles. The van der Waals surface area contributed by atoms with E-state index in [0.717, 1.165) is 20.9 Å². The molecule has 0 spiro atoms. The molecular formula is C11H11BrClN3S. The predicted octanol–water partition coefficient (Wildman–Crippen LogP) is 4.44. The van der Waals surface area contributed by atoms with E-state index in [4.69, 9.17) is 11.6 Å². The Kier molecular flexibility index (Phi) is 4.01. The summed E-state index contributed by atoms with van der Waals surface area (Å²) in [4.78, 5) is 8.51. The molecule has 0 bridgehead atoms. The highest BCUT2D eigenvalue weighted by Gasteiger charge is 2.11. The number of hydrogen-bond donors (Lipinski definition) is 1. The van der Waals surface area contributed by atoms with Gasteiger partial charge in [-0.25, -0.2) is 9.97 Å². The minimum atomic E-state index is 0.105. The number of thiazole rings is 1. The van der Waals surface area contributed by atoms with Crippen LogP contribution in [0.5, 0.6) is 0 Å². The van der Waals surface area contributed by atoms with E-state index in [1.54, 1.807) is 17.5 Å². The molecule has 0 saturated heterocycles. The summed E-state index contributed by atoms with van der Waals surface area (Å²) >= 11 is 11.0. The van der Waals surface area contributed by atoms with E-state index in [0.29, 0.717) is 5.15 Å². The van der Waals surface area contributed by atoms with Gasteiger partial charge in [0.05, 0.1) is 22.4 Å². The molecule has 0 fully saturated rings. The average molecular weight is 333 g/mol. The zero-order valence-electron chi connectivity index (χ0n) is 9.37. The lowest BCUT2D eigenvalue weighted by molar-refractivity contribution is 0.844. The van der Waals surface area contributed by atoms with Crippen molar-refractivity contribution in [2.45, 2.75) is 19.9 Å². The summed E-state index contributed by atoms with van der Waals surface area (Å²) in [5.41, 5.74) is 1.82. The van der Waals surface area contributed by atoms with Gasteiger partial charge in [0.15, 0.2) is 5.15 Å². The van der Waals surface area contributed by atoms with Gasteiger partial charge < -0.3 is 5.32 Å². The third kappa shape index (κ3) is 3.18. The molecule has 1 N–H and O–H groups in total. The van der Waals surface area contributed by atoms with Crippen LogP contribution in [0.3, 0.4) is 0 Å². The van der Waals surface area contributed by atoms with E-state index >= 15 is 0 Å². The molecule has 0 radical (unpaired) electrons. The van der Waals surface area contributed by atoms with Gasteiger partial charge in [0, 0.05) is 16.0 Å². The number of pyridine rings is 1. The molecule has 2 aromatic heterocycles. The summed E-state index contributed by atoms with van der Waals surface area (Å²) in [5.74, 6) is 0. The second kappa shape index (κ2) is 5.33. The predicted molar refractivity (Wildman–Crippen MR) is 75.8 cm³/mol. The molecule has 0 aliphatic carbocycles. The van der Waals surface area contributed by atoms with Crippen molar-refractivity contribution in [2.75, 3.05) is 5.32 Å². The Hall–Kier alpha value is -0.650. The van der Waals surface area contributed by atoms with Crippen molar-refractivity contribution in [1.82, 2.24) is 9.97 Å². The lowest BCUT2D eigenvalue weighted by Crippen LogP contribution is -2.07. The SMILES string of the molecule is Cc1nc(C(C)Nc2cc(Br)cnc2Cl)cs1. The topological polar surface area (TPSA) is 37.8 Å². The van der Waals surface area contributed by atoms with Crippen molar-refractivity contribution >= 4 is 44.6 Å². The normalized spacial score (nSPS) is 12.5. The van der Waals surface area contributed by atoms with Gasteiger partial charge >= 0.3 is 0 Å². The van der Waals surface area contributed by atoms with Crippen molar-refractivity contribution in [1.29, 1.82) is 0 Å². The second-order valence-electron chi connectivity index (χ2n) is 3.65. The maximum absolute atomic E-state index is 6.02. The van der Waals surface area contributed by atoms with E-state index in [9.17, 15) is 0 Å². The minimum Gasteiger partial charge on any atom is -0.374 e. The monoisotopic (exact) mass is 331 g/mol. The molecule has 2 aromatic rings. The zero-order valence-corrected chi connectivity index (χ0v) is 12.5. The first-order chi connectivity index (χ1) is 8.06. The van der Waals surface area contributed by atoms with Crippen LogP contribution in [-0.2, 0) is 0 Å². The molecule has 1 unspecified atom stereocenters. The van der Waals surface area contributed by atoms with Gasteiger partial charge in [0.1, 0.15) is 0 Å². The Morgan fingerprint density at radius 3 is 2.94 bits per heavy atom. The van der Waals surface area contributed by atoms with Crippen molar-refractivity contribution < 1.29 is 0 Å². The average Bonchev–Trinajstić information content (AvgIpc) is 2.70. The number of nitrogens with zero attached hydrogens (tertiary/aromatic N) is 2. The number of hydrogen-bond acceptors (Lipinski definition) is 4. The first-order valence-electron chi connectivity index (χ1n) is 5.06. The van der Waals surface area contributed by atoms with Crippen LogP contribution >= 0.6 is 38.9 Å². The maximum atomic E-state index is 6.02. The molecular weight excluding hydrogens is 322 g/mol. The maximum Gasteiger partial charge on any atom is 0.152 e. The first-order valence-corrected chi connectivity index (χ1v) is 7.11. The molecule has 0 saturated carbocycles. The Balaban J connectivity index is 2.18. The zero-order chi connectivity index (χ0) is 12.4. The molecule has 90 valence electrons. The summed E-state index contributed by atoms with van der Waals surface area (Å²) in [7, 11) is 0. The van der Waals surface area contributed by atoms with Gasteiger partial charge in [-0.15, -0.1) is 11.3 Å². The molecule has 0 aliphatic rings. The highest BCUT2D eigenvalue weighted by atomic mass is 79.9. The van der Waals surface area contributed by atoms with Gasteiger partial charge in [0.2, 0.25) is 0 Å². The van der Waals surface area contributed by atoms with Crippen LogP contribution in [0.25, 0.3) is 0 Å². The van der Waals surface area contributed by atoms with E-state index < -0.39 is 0 Å². The number of anilines is 1. The molecule has 2 heterocycles. The Bertz CT molecular complexity index is 529. The third-order valence-corrected chi connectivity index (χ3v) is 3.78. The van der Waals surface area contributed by atoms with Gasteiger partial charge in [-0.3, -0.25) is 0 Å². The van der Waals surface area contributed by atoms with Crippen LogP contribution in [-0.4, -0.2) is 9.97 Å². The highest BCUT2D eigenvalue weighted by Crippen LogP contribution is 2.27. The number of halogens is 2. The van der Waals surface area contributed by atoms with E-state index in [2.05, 4.69) is 31.2 Å². The molecule has 1 atom stereocenters.